The largest absolute Gasteiger partial charge is 0.481 e. The standard InChI is InChI=1S/C22H24N4O4S/c1-29-21-16-20(23-22(24-21)30-2)25-12-14-26(15-13-25)31(27,28)19-10-8-18(9-11-19)17-6-4-3-5-7-17/h3-11,16H,12-15H2,1-2H3. The van der Waals surface area contributed by atoms with Crippen LogP contribution >= 0.6 is 0 Å². The van der Waals surface area contributed by atoms with E-state index < -0.39 is 10.0 Å². The topological polar surface area (TPSA) is 84.9 Å². The van der Waals surface area contributed by atoms with Crippen molar-refractivity contribution in [3.05, 3.63) is 60.7 Å². The van der Waals surface area contributed by atoms with Crippen molar-refractivity contribution < 1.29 is 17.9 Å². The summed E-state index contributed by atoms with van der Waals surface area (Å²) >= 11 is 0. The summed E-state index contributed by atoms with van der Waals surface area (Å²) in [7, 11) is -0.549. The van der Waals surface area contributed by atoms with E-state index in [0.717, 1.165) is 11.1 Å². The number of anilines is 1. The summed E-state index contributed by atoms with van der Waals surface area (Å²) in [6.45, 7) is 1.73. The minimum absolute atomic E-state index is 0.211. The van der Waals surface area contributed by atoms with Crippen LogP contribution in [0.5, 0.6) is 11.9 Å². The van der Waals surface area contributed by atoms with Crippen molar-refractivity contribution in [2.45, 2.75) is 4.90 Å². The Morgan fingerprint density at radius 2 is 1.45 bits per heavy atom. The fourth-order valence-electron chi connectivity index (χ4n) is 3.51. The molecular formula is C22H24N4O4S. The van der Waals surface area contributed by atoms with Gasteiger partial charge < -0.3 is 14.4 Å². The van der Waals surface area contributed by atoms with E-state index in [-0.39, 0.29) is 6.01 Å². The molecule has 9 heteroatoms. The summed E-state index contributed by atoms with van der Waals surface area (Å²) in [5, 5.41) is 0. The zero-order chi connectivity index (χ0) is 21.8. The summed E-state index contributed by atoms with van der Waals surface area (Å²) in [5.41, 5.74) is 2.03. The molecule has 1 aliphatic heterocycles. The minimum Gasteiger partial charge on any atom is -0.481 e. The van der Waals surface area contributed by atoms with Gasteiger partial charge in [0.25, 0.3) is 0 Å². The second-order valence-electron chi connectivity index (χ2n) is 7.04. The average Bonchev–Trinajstić information content (AvgIpc) is 2.84. The number of rotatable bonds is 6. The third-order valence-corrected chi connectivity index (χ3v) is 7.14. The van der Waals surface area contributed by atoms with E-state index in [1.54, 1.807) is 18.2 Å². The highest BCUT2D eigenvalue weighted by Crippen LogP contribution is 2.26. The number of aromatic nitrogens is 2. The Balaban J connectivity index is 1.47. The molecular weight excluding hydrogens is 416 g/mol. The quantitative estimate of drug-likeness (QED) is 0.583. The van der Waals surface area contributed by atoms with Crippen LogP contribution in [0.4, 0.5) is 5.82 Å². The second kappa shape index (κ2) is 8.91. The second-order valence-corrected chi connectivity index (χ2v) is 8.97. The van der Waals surface area contributed by atoms with Crippen molar-refractivity contribution in [2.75, 3.05) is 45.3 Å². The van der Waals surface area contributed by atoms with Crippen molar-refractivity contribution in [3.63, 3.8) is 0 Å². The number of piperazine rings is 1. The SMILES string of the molecule is COc1cc(N2CCN(S(=O)(=O)c3ccc(-c4ccccc4)cc3)CC2)nc(OC)n1. The van der Waals surface area contributed by atoms with Gasteiger partial charge >= 0.3 is 6.01 Å². The van der Waals surface area contributed by atoms with E-state index in [0.29, 0.717) is 42.8 Å². The Morgan fingerprint density at radius 3 is 2.06 bits per heavy atom. The normalized spacial score (nSPS) is 15.0. The number of methoxy groups -OCH3 is 2. The van der Waals surface area contributed by atoms with Gasteiger partial charge in [-0.1, -0.05) is 42.5 Å². The van der Waals surface area contributed by atoms with Crippen LogP contribution in [0.15, 0.2) is 65.6 Å². The lowest BCUT2D eigenvalue weighted by atomic mass is 10.1. The Kier molecular flexibility index (Phi) is 6.06. The maximum atomic E-state index is 13.1. The van der Waals surface area contributed by atoms with Gasteiger partial charge in [0.05, 0.1) is 19.1 Å². The summed E-state index contributed by atoms with van der Waals surface area (Å²) < 4.78 is 38.1. The molecule has 8 nitrogen and oxygen atoms in total. The highest BCUT2D eigenvalue weighted by Gasteiger charge is 2.29. The molecule has 2 heterocycles. The third-order valence-electron chi connectivity index (χ3n) is 5.22. The van der Waals surface area contributed by atoms with Gasteiger partial charge in [-0.3, -0.25) is 0 Å². The molecule has 0 spiro atoms. The first kappa shape index (κ1) is 21.1. The zero-order valence-corrected chi connectivity index (χ0v) is 18.2. The van der Waals surface area contributed by atoms with Crippen LogP contribution < -0.4 is 14.4 Å². The molecule has 0 radical (unpaired) electrons. The average molecular weight is 441 g/mol. The summed E-state index contributed by atoms with van der Waals surface area (Å²) in [5.74, 6) is 1.04. The zero-order valence-electron chi connectivity index (χ0n) is 17.4. The molecule has 2 aromatic carbocycles. The lowest BCUT2D eigenvalue weighted by molar-refractivity contribution is 0.349. The minimum atomic E-state index is -3.57. The smallest absolute Gasteiger partial charge is 0.321 e. The van der Waals surface area contributed by atoms with Crippen LogP contribution in [0, 0.1) is 0 Å². The van der Waals surface area contributed by atoms with E-state index in [9.17, 15) is 8.42 Å². The Hall–Kier alpha value is -3.17. The van der Waals surface area contributed by atoms with Gasteiger partial charge in [0, 0.05) is 32.2 Å². The Morgan fingerprint density at radius 1 is 0.806 bits per heavy atom. The van der Waals surface area contributed by atoms with Crippen molar-refractivity contribution in [3.8, 4) is 23.0 Å². The van der Waals surface area contributed by atoms with Gasteiger partial charge in [-0.2, -0.15) is 14.3 Å². The van der Waals surface area contributed by atoms with E-state index in [2.05, 4.69) is 9.97 Å². The van der Waals surface area contributed by atoms with Gasteiger partial charge in [0.2, 0.25) is 15.9 Å². The Labute approximate surface area is 182 Å². The van der Waals surface area contributed by atoms with Gasteiger partial charge in [-0.25, -0.2) is 8.42 Å². The molecule has 1 aliphatic rings. The van der Waals surface area contributed by atoms with Gasteiger partial charge in [-0.05, 0) is 23.3 Å². The third kappa shape index (κ3) is 4.47. The number of sulfonamides is 1. The first-order valence-electron chi connectivity index (χ1n) is 9.89. The van der Waals surface area contributed by atoms with Crippen LogP contribution in [-0.2, 0) is 10.0 Å². The first-order chi connectivity index (χ1) is 15.0. The molecule has 31 heavy (non-hydrogen) atoms. The van der Waals surface area contributed by atoms with E-state index in [1.807, 2.05) is 47.4 Å². The number of ether oxygens (including phenoxy) is 2. The molecule has 162 valence electrons. The summed E-state index contributed by atoms with van der Waals surface area (Å²) in [6.07, 6.45) is 0. The predicted octanol–water partition coefficient (Wildman–Crippen LogP) is 2.67. The van der Waals surface area contributed by atoms with E-state index in [1.165, 1.54) is 18.5 Å². The molecule has 4 rings (SSSR count). The molecule has 0 bridgehead atoms. The predicted molar refractivity (Wildman–Crippen MR) is 118 cm³/mol. The Bertz CT molecular complexity index is 1110. The fraction of sp³-hybridized carbons (Fsp3) is 0.273. The highest BCUT2D eigenvalue weighted by atomic mass is 32.2. The molecule has 0 unspecified atom stereocenters. The summed E-state index contributed by atoms with van der Waals surface area (Å²) in [6, 6.07) is 18.8. The molecule has 1 saturated heterocycles. The first-order valence-corrected chi connectivity index (χ1v) is 11.3. The van der Waals surface area contributed by atoms with Gasteiger partial charge in [-0.15, -0.1) is 0 Å². The van der Waals surface area contributed by atoms with Crippen LogP contribution in [0.2, 0.25) is 0 Å². The fourth-order valence-corrected chi connectivity index (χ4v) is 4.93. The number of hydrogen-bond donors (Lipinski definition) is 0. The molecule has 0 aliphatic carbocycles. The van der Waals surface area contributed by atoms with Crippen molar-refractivity contribution in [1.82, 2.24) is 14.3 Å². The lowest BCUT2D eigenvalue weighted by Crippen LogP contribution is -2.48. The molecule has 3 aromatic rings. The van der Waals surface area contributed by atoms with Crippen molar-refractivity contribution in [1.29, 1.82) is 0 Å². The van der Waals surface area contributed by atoms with Crippen LogP contribution in [-0.4, -0.2) is 63.1 Å². The van der Waals surface area contributed by atoms with Crippen molar-refractivity contribution >= 4 is 15.8 Å². The molecule has 1 fully saturated rings. The number of nitrogens with zero attached hydrogens (tertiary/aromatic N) is 4. The maximum absolute atomic E-state index is 13.1. The molecule has 0 N–H and O–H groups in total. The molecule has 0 amide bonds. The highest BCUT2D eigenvalue weighted by molar-refractivity contribution is 7.89. The maximum Gasteiger partial charge on any atom is 0.321 e. The van der Waals surface area contributed by atoms with Crippen LogP contribution in [0.3, 0.4) is 0 Å². The molecule has 0 saturated carbocycles. The van der Waals surface area contributed by atoms with Crippen LogP contribution in [0.1, 0.15) is 0 Å². The van der Waals surface area contributed by atoms with E-state index in [4.69, 9.17) is 9.47 Å². The molecule has 0 atom stereocenters. The van der Waals surface area contributed by atoms with Gasteiger partial charge in [0.1, 0.15) is 5.82 Å². The number of benzene rings is 2. The lowest BCUT2D eigenvalue weighted by Gasteiger charge is -2.34. The molecule has 1 aromatic heterocycles. The van der Waals surface area contributed by atoms with Crippen molar-refractivity contribution in [2.24, 2.45) is 0 Å². The van der Waals surface area contributed by atoms with E-state index >= 15 is 0 Å². The monoisotopic (exact) mass is 440 g/mol. The number of hydrogen-bond acceptors (Lipinski definition) is 7. The van der Waals surface area contributed by atoms with Crippen LogP contribution in [0.25, 0.3) is 11.1 Å². The summed E-state index contributed by atoms with van der Waals surface area (Å²) in [4.78, 5) is 10.7. The van der Waals surface area contributed by atoms with Gasteiger partial charge in [0.15, 0.2) is 0 Å².